The minimum Gasteiger partial charge on any atom is -0.427 e. The molecule has 6 rings (SSSR count). The van der Waals surface area contributed by atoms with Crippen LogP contribution in [0.3, 0.4) is 0 Å². The first-order valence-electron chi connectivity index (χ1n) is 17.6. The minimum absolute atomic E-state index is 0.0399. The Morgan fingerprint density at radius 1 is 0.915 bits per heavy atom. The summed E-state index contributed by atoms with van der Waals surface area (Å²) in [6, 6.07) is 24.5. The van der Waals surface area contributed by atoms with Crippen molar-refractivity contribution in [3.05, 3.63) is 125 Å². The number of hydrogen-bond acceptors (Lipinski definition) is 15. The van der Waals surface area contributed by atoms with E-state index in [0.717, 1.165) is 11.5 Å². The van der Waals surface area contributed by atoms with Gasteiger partial charge in [0, 0.05) is 34.6 Å². The van der Waals surface area contributed by atoms with Crippen LogP contribution in [0.15, 0.2) is 108 Å². The van der Waals surface area contributed by atoms with E-state index in [1.165, 1.54) is 20.8 Å². The number of fused-ring (bicyclic) bond motifs is 1. The average Bonchev–Trinajstić information content (AvgIpc) is 3.63. The molecule has 16 nitrogen and oxygen atoms in total. The van der Waals surface area contributed by atoms with Gasteiger partial charge in [0.2, 0.25) is 23.9 Å². The van der Waals surface area contributed by atoms with Gasteiger partial charge in [-0.1, -0.05) is 96.2 Å². The van der Waals surface area contributed by atoms with Gasteiger partial charge in [0.15, 0.2) is 16.6 Å². The third-order valence-electron chi connectivity index (χ3n) is 9.04. The Hall–Kier alpha value is -6.35. The summed E-state index contributed by atoms with van der Waals surface area (Å²) < 4.78 is 82.4. The molecule has 3 aromatic carbocycles. The van der Waals surface area contributed by atoms with E-state index in [1.807, 2.05) is 54.6 Å². The van der Waals surface area contributed by atoms with E-state index in [0.29, 0.717) is 21.6 Å². The third-order valence-corrected chi connectivity index (χ3v) is 10.6. The zero-order valence-corrected chi connectivity index (χ0v) is 33.0. The first kappa shape index (κ1) is 42.3. The zero-order chi connectivity index (χ0) is 42.8. The molecule has 2 aliphatic rings. The Kier molecular flexibility index (Phi) is 11.8. The molecule has 1 saturated heterocycles. The van der Waals surface area contributed by atoms with Crippen LogP contribution in [-0.2, 0) is 53.4 Å². The van der Waals surface area contributed by atoms with Crippen LogP contribution in [0, 0.1) is 5.41 Å². The molecule has 4 aromatic rings. The lowest BCUT2D eigenvalue weighted by atomic mass is 9.80. The summed E-state index contributed by atoms with van der Waals surface area (Å²) >= 11 is 0.742. The van der Waals surface area contributed by atoms with Crippen LogP contribution in [0.4, 0.5) is 18.3 Å². The normalized spacial score (nSPS) is 17.4. The van der Waals surface area contributed by atoms with Crippen molar-refractivity contribution in [3.8, 4) is 0 Å². The molecule has 2 atom stereocenters. The summed E-state index contributed by atoms with van der Waals surface area (Å²) in [4.78, 5) is 64.6. The number of nitrogens with two attached hydrogens (primary N) is 1. The number of carbonyl (C=O) groups excluding carboxylic acids is 4. The van der Waals surface area contributed by atoms with E-state index in [-0.39, 0.29) is 17.4 Å². The highest BCUT2D eigenvalue weighted by molar-refractivity contribution is 7.87. The van der Waals surface area contributed by atoms with E-state index in [2.05, 4.69) is 24.0 Å². The van der Waals surface area contributed by atoms with E-state index >= 15 is 0 Å². The second-order valence-electron chi connectivity index (χ2n) is 14.0. The number of nitrogens with zero attached hydrogens (tertiary/aromatic N) is 4. The second-order valence-corrected chi connectivity index (χ2v) is 16.3. The fourth-order valence-corrected chi connectivity index (χ4v) is 7.17. The van der Waals surface area contributed by atoms with Gasteiger partial charge in [0.1, 0.15) is 6.04 Å². The zero-order valence-electron chi connectivity index (χ0n) is 31.3. The van der Waals surface area contributed by atoms with Gasteiger partial charge in [-0.15, -0.1) is 0 Å². The van der Waals surface area contributed by atoms with Gasteiger partial charge in [-0.25, -0.2) is 4.79 Å². The summed E-state index contributed by atoms with van der Waals surface area (Å²) in [6.45, 7) is 3.46. The predicted octanol–water partition coefficient (Wildman–Crippen LogP) is 4.49. The number of hydrogen-bond donors (Lipinski definition) is 2. The number of β-lactam (4-membered cyclic amide) rings is 1. The molecule has 0 bridgehead atoms. The number of esters is 2. The largest absolute Gasteiger partial charge is 0.534 e. The molecular formula is C38H35F3N6O10S2. The molecule has 3 heterocycles. The van der Waals surface area contributed by atoms with Gasteiger partial charge >= 0.3 is 27.6 Å². The number of benzene rings is 3. The number of alkyl halides is 3. The molecule has 0 aliphatic carbocycles. The van der Waals surface area contributed by atoms with Gasteiger partial charge in [-0.3, -0.25) is 19.3 Å². The molecule has 1 fully saturated rings. The molecule has 3 N–H and O–H groups in total. The Balaban J connectivity index is 1.34. The number of halogens is 3. The molecular weight excluding hydrogens is 822 g/mol. The van der Waals surface area contributed by atoms with E-state index < -0.39 is 92.9 Å². The number of anilines is 1. The number of oxime groups is 1. The maximum absolute atomic E-state index is 14.2. The third kappa shape index (κ3) is 8.60. The highest BCUT2D eigenvalue weighted by Gasteiger charge is 2.57. The maximum Gasteiger partial charge on any atom is 0.534 e. The summed E-state index contributed by atoms with van der Waals surface area (Å²) in [5, 5.41) is 6.79. The Morgan fingerprint density at radius 3 is 1.93 bits per heavy atom. The lowest BCUT2D eigenvalue weighted by Crippen LogP contribution is -2.72. The molecule has 21 heteroatoms. The number of carbonyl (C=O) groups is 4. The van der Waals surface area contributed by atoms with Gasteiger partial charge in [0.05, 0.1) is 11.5 Å². The second kappa shape index (κ2) is 16.5. The van der Waals surface area contributed by atoms with Crippen molar-refractivity contribution in [2.45, 2.75) is 56.8 Å². The molecule has 2 amide bonds. The number of allylic oxidation sites excluding steroid dienone is 1. The molecule has 310 valence electrons. The van der Waals surface area contributed by atoms with Gasteiger partial charge in [-0.2, -0.15) is 30.9 Å². The SMILES string of the molecule is CC(C)(C)C(=O)OCOC(=O)C1=C(OS(=O)(=O)C(F)(F)F)CC[C@@H]2[C@H](NC(=O)/C(=N\OC(c3ccccc3)(c3ccccc3)c3ccccc3)c3nsc(N)n3)C(=O)N12. The van der Waals surface area contributed by atoms with Crippen LogP contribution < -0.4 is 11.1 Å². The molecule has 2 aliphatic heterocycles. The monoisotopic (exact) mass is 856 g/mol. The van der Waals surface area contributed by atoms with Crippen molar-refractivity contribution in [1.29, 1.82) is 0 Å². The van der Waals surface area contributed by atoms with Crippen molar-refractivity contribution < 1.29 is 59.3 Å². The number of rotatable bonds is 13. The lowest BCUT2D eigenvalue weighted by Gasteiger charge is -2.49. The van der Waals surface area contributed by atoms with Crippen LogP contribution in [0.5, 0.6) is 0 Å². The highest BCUT2D eigenvalue weighted by Crippen LogP contribution is 2.42. The molecule has 1 aromatic heterocycles. The number of aromatic nitrogens is 2. The van der Waals surface area contributed by atoms with Crippen molar-refractivity contribution in [3.63, 3.8) is 0 Å². The summed E-state index contributed by atoms with van der Waals surface area (Å²) in [5.41, 5.74) is -2.21. The number of nitrogens with one attached hydrogen (secondary N) is 1. The van der Waals surface area contributed by atoms with E-state index in [9.17, 15) is 40.8 Å². The molecule has 0 radical (unpaired) electrons. The first-order valence-corrected chi connectivity index (χ1v) is 19.8. The summed E-state index contributed by atoms with van der Waals surface area (Å²) in [7, 11) is -6.31. The quantitative estimate of drug-likeness (QED) is 0.0277. The highest BCUT2D eigenvalue weighted by atomic mass is 32.2. The fourth-order valence-electron chi connectivity index (χ4n) is 6.22. The first-order chi connectivity index (χ1) is 27.8. The average molecular weight is 857 g/mol. The molecule has 0 unspecified atom stereocenters. The van der Waals surface area contributed by atoms with Crippen molar-refractivity contribution >= 4 is 56.2 Å². The smallest absolute Gasteiger partial charge is 0.427 e. The van der Waals surface area contributed by atoms with Crippen LogP contribution >= 0.6 is 11.5 Å². The summed E-state index contributed by atoms with van der Waals surface area (Å²) in [5.74, 6) is -5.80. The topological polar surface area (TPSA) is 219 Å². The van der Waals surface area contributed by atoms with Crippen molar-refractivity contribution in [2.75, 3.05) is 12.5 Å². The van der Waals surface area contributed by atoms with E-state index in [4.69, 9.17) is 20.0 Å². The standard InChI is InChI=1S/C38H35F3N6O10S2/c1-36(2,3)34(51)55-21-54-33(50)29-26(56-59(52,53)38(39,40)41)20-19-25-27(32(49)47(25)29)43-31(48)28(30-44-35(42)58-46-30)45-57-37(22-13-7-4-8-14-22,23-15-9-5-10-16-23)24-17-11-6-12-18-24/h4-18,25,27H,19-21H2,1-3H3,(H,43,48)(H2,42,44,46)/b45-28-/t25-,27+/m1/s1. The number of amides is 2. The Bertz CT molecular complexity index is 2310. The van der Waals surface area contributed by atoms with Crippen LogP contribution in [0.25, 0.3) is 0 Å². The fraction of sp³-hybridized carbons (Fsp3) is 0.289. The van der Waals surface area contributed by atoms with Gasteiger partial charge in [0.25, 0.3) is 11.8 Å². The van der Waals surface area contributed by atoms with E-state index in [1.54, 1.807) is 36.4 Å². The Labute approximate surface area is 339 Å². The maximum atomic E-state index is 14.2. The van der Waals surface area contributed by atoms with Crippen molar-refractivity contribution in [2.24, 2.45) is 10.6 Å². The molecule has 59 heavy (non-hydrogen) atoms. The van der Waals surface area contributed by atoms with Crippen molar-refractivity contribution in [1.82, 2.24) is 19.6 Å². The minimum atomic E-state index is -6.31. The van der Waals surface area contributed by atoms with Gasteiger partial charge in [-0.05, 0) is 27.2 Å². The van der Waals surface area contributed by atoms with Gasteiger partial charge < -0.3 is 29.5 Å². The summed E-state index contributed by atoms with van der Waals surface area (Å²) in [6.07, 6.45) is -0.927. The lowest BCUT2D eigenvalue weighted by molar-refractivity contribution is -0.174. The number of nitrogen functional groups attached to an aromatic ring is 1. The molecule has 0 spiro atoms. The number of ether oxygens (including phenoxy) is 2. The van der Waals surface area contributed by atoms with Crippen LogP contribution in [0.2, 0.25) is 0 Å². The molecule has 0 saturated carbocycles. The predicted molar refractivity (Wildman–Crippen MR) is 203 cm³/mol. The Morgan fingerprint density at radius 2 is 1.46 bits per heavy atom. The van der Waals surface area contributed by atoms with Crippen LogP contribution in [0.1, 0.15) is 56.1 Å². The van der Waals surface area contributed by atoms with Crippen LogP contribution in [-0.4, -0.2) is 76.5 Å².